The van der Waals surface area contributed by atoms with E-state index in [-0.39, 0.29) is 16.7 Å². The van der Waals surface area contributed by atoms with E-state index in [4.69, 9.17) is 0 Å². The highest BCUT2D eigenvalue weighted by Gasteiger charge is 2.32. The molecule has 0 fully saturated rings. The van der Waals surface area contributed by atoms with Crippen LogP contribution < -0.4 is 0 Å². The summed E-state index contributed by atoms with van der Waals surface area (Å²) in [5.41, 5.74) is 0.105. The van der Waals surface area contributed by atoms with E-state index in [1.54, 1.807) is 37.3 Å². The zero-order chi connectivity index (χ0) is 18.9. The van der Waals surface area contributed by atoms with E-state index in [2.05, 4.69) is 4.98 Å². The van der Waals surface area contributed by atoms with Crippen molar-refractivity contribution in [3.05, 3.63) is 76.5 Å². The summed E-state index contributed by atoms with van der Waals surface area (Å²) in [5.74, 6) is -0.612. The Kier molecular flexibility index (Phi) is 4.39. The minimum atomic E-state index is -4.58. The van der Waals surface area contributed by atoms with Crippen LogP contribution in [-0.2, 0) is 6.18 Å². The standard InChI is InChI=1S/C20H13F3N2O/c1-12-18(15-7-3-5-9-17(15)25-12)19(26)14(11-24)10-13-6-2-4-8-16(13)20(21,22)23/h2-10,25H,1H3/b14-10+. The lowest BCUT2D eigenvalue weighted by molar-refractivity contribution is -0.137. The molecule has 0 bridgehead atoms. The Morgan fingerprint density at radius 1 is 1.12 bits per heavy atom. The lowest BCUT2D eigenvalue weighted by atomic mass is 9.97. The average molecular weight is 354 g/mol. The number of nitrogens with zero attached hydrogens (tertiary/aromatic N) is 1. The van der Waals surface area contributed by atoms with Crippen molar-refractivity contribution in [3.8, 4) is 6.07 Å². The van der Waals surface area contributed by atoms with Crippen LogP contribution in [0, 0.1) is 18.3 Å². The smallest absolute Gasteiger partial charge is 0.358 e. The molecule has 0 aliphatic heterocycles. The summed E-state index contributed by atoms with van der Waals surface area (Å²) in [5, 5.41) is 10.0. The second kappa shape index (κ2) is 6.52. The van der Waals surface area contributed by atoms with E-state index >= 15 is 0 Å². The van der Waals surface area contributed by atoms with Crippen molar-refractivity contribution in [2.45, 2.75) is 13.1 Å². The maximum absolute atomic E-state index is 13.1. The van der Waals surface area contributed by atoms with Gasteiger partial charge in [-0.25, -0.2) is 0 Å². The molecule has 1 heterocycles. The number of nitrogens with one attached hydrogen (secondary N) is 1. The van der Waals surface area contributed by atoms with Crippen molar-refractivity contribution in [1.82, 2.24) is 4.98 Å². The second-order valence-corrected chi connectivity index (χ2v) is 5.75. The van der Waals surface area contributed by atoms with Crippen LogP contribution in [0.25, 0.3) is 17.0 Å². The van der Waals surface area contributed by atoms with Crippen molar-refractivity contribution in [2.24, 2.45) is 0 Å². The van der Waals surface area contributed by atoms with Crippen LogP contribution in [0.2, 0.25) is 0 Å². The van der Waals surface area contributed by atoms with E-state index in [0.717, 1.165) is 17.7 Å². The molecule has 130 valence electrons. The summed E-state index contributed by atoms with van der Waals surface area (Å²) >= 11 is 0. The summed E-state index contributed by atoms with van der Waals surface area (Å²) in [4.78, 5) is 15.9. The van der Waals surface area contributed by atoms with Gasteiger partial charge < -0.3 is 4.98 Å². The topological polar surface area (TPSA) is 56.6 Å². The third-order valence-electron chi connectivity index (χ3n) is 4.05. The Morgan fingerprint density at radius 2 is 1.77 bits per heavy atom. The van der Waals surface area contributed by atoms with Crippen LogP contribution in [-0.4, -0.2) is 10.8 Å². The fraction of sp³-hybridized carbons (Fsp3) is 0.100. The highest BCUT2D eigenvalue weighted by atomic mass is 19.4. The predicted molar refractivity (Wildman–Crippen MR) is 92.4 cm³/mol. The third kappa shape index (κ3) is 3.11. The number of allylic oxidation sites excluding steroid dienone is 1. The number of halogens is 3. The van der Waals surface area contributed by atoms with Gasteiger partial charge in [0.2, 0.25) is 5.78 Å². The molecule has 0 spiro atoms. The first-order valence-electron chi connectivity index (χ1n) is 7.73. The average Bonchev–Trinajstić information content (AvgIpc) is 2.94. The van der Waals surface area contributed by atoms with Gasteiger partial charge >= 0.3 is 6.18 Å². The summed E-state index contributed by atoms with van der Waals surface area (Å²) in [6, 6.07) is 13.6. The van der Waals surface area contributed by atoms with Crippen molar-refractivity contribution in [2.75, 3.05) is 0 Å². The van der Waals surface area contributed by atoms with E-state index < -0.39 is 17.5 Å². The molecule has 0 unspecified atom stereocenters. The highest BCUT2D eigenvalue weighted by molar-refractivity contribution is 6.20. The number of para-hydroxylation sites is 1. The van der Waals surface area contributed by atoms with Gasteiger partial charge in [-0.05, 0) is 30.7 Å². The zero-order valence-corrected chi connectivity index (χ0v) is 13.7. The summed E-state index contributed by atoms with van der Waals surface area (Å²) in [7, 11) is 0. The fourth-order valence-corrected chi connectivity index (χ4v) is 2.89. The first-order valence-corrected chi connectivity index (χ1v) is 7.73. The Balaban J connectivity index is 2.13. The van der Waals surface area contributed by atoms with Gasteiger partial charge in [-0.15, -0.1) is 0 Å². The number of hydrogen-bond donors (Lipinski definition) is 1. The number of benzene rings is 2. The normalized spacial score (nSPS) is 12.2. The number of carbonyl (C=O) groups excluding carboxylic acids is 1. The van der Waals surface area contributed by atoms with Gasteiger partial charge in [0.05, 0.1) is 11.1 Å². The van der Waals surface area contributed by atoms with Crippen LogP contribution in [0.5, 0.6) is 0 Å². The zero-order valence-electron chi connectivity index (χ0n) is 13.7. The molecular weight excluding hydrogens is 341 g/mol. The number of H-pyrrole nitrogens is 1. The highest BCUT2D eigenvalue weighted by Crippen LogP contribution is 2.33. The lowest BCUT2D eigenvalue weighted by Crippen LogP contribution is -2.08. The molecule has 0 aliphatic rings. The molecule has 0 saturated carbocycles. The molecule has 0 aliphatic carbocycles. The second-order valence-electron chi connectivity index (χ2n) is 5.75. The molecule has 0 amide bonds. The largest absolute Gasteiger partial charge is 0.416 e. The molecule has 6 heteroatoms. The third-order valence-corrected chi connectivity index (χ3v) is 4.05. The Labute approximate surface area is 147 Å². The van der Waals surface area contributed by atoms with Crippen LogP contribution >= 0.6 is 0 Å². The maximum atomic E-state index is 13.1. The van der Waals surface area contributed by atoms with Gasteiger partial charge in [0.25, 0.3) is 0 Å². The quantitative estimate of drug-likeness (QED) is 0.395. The minimum Gasteiger partial charge on any atom is -0.358 e. The van der Waals surface area contributed by atoms with Crippen LogP contribution in [0.3, 0.4) is 0 Å². The Morgan fingerprint density at radius 3 is 2.46 bits per heavy atom. The minimum absolute atomic E-state index is 0.220. The molecular formula is C20H13F3N2O. The van der Waals surface area contributed by atoms with E-state index in [1.165, 1.54) is 18.2 Å². The number of fused-ring (bicyclic) bond motifs is 1. The monoisotopic (exact) mass is 354 g/mol. The van der Waals surface area contributed by atoms with Gasteiger partial charge in [-0.2, -0.15) is 18.4 Å². The number of aromatic amines is 1. The number of carbonyl (C=O) groups is 1. The fourth-order valence-electron chi connectivity index (χ4n) is 2.89. The molecule has 1 aromatic heterocycles. The number of alkyl halides is 3. The molecule has 1 N–H and O–H groups in total. The van der Waals surface area contributed by atoms with Crippen LogP contribution in [0.1, 0.15) is 27.2 Å². The molecule has 3 rings (SSSR count). The van der Waals surface area contributed by atoms with Crippen molar-refractivity contribution in [3.63, 3.8) is 0 Å². The van der Waals surface area contributed by atoms with Crippen molar-refractivity contribution >= 4 is 22.8 Å². The Hall–Kier alpha value is -3.33. The molecule has 0 radical (unpaired) electrons. The van der Waals surface area contributed by atoms with E-state index in [1.807, 2.05) is 0 Å². The maximum Gasteiger partial charge on any atom is 0.416 e. The first kappa shape index (κ1) is 17.5. The molecule has 0 saturated heterocycles. The Bertz CT molecular complexity index is 1070. The molecule has 26 heavy (non-hydrogen) atoms. The van der Waals surface area contributed by atoms with Crippen LogP contribution in [0.4, 0.5) is 13.2 Å². The number of nitriles is 1. The van der Waals surface area contributed by atoms with Gasteiger partial charge in [0.15, 0.2) is 0 Å². The van der Waals surface area contributed by atoms with E-state index in [9.17, 15) is 23.2 Å². The lowest BCUT2D eigenvalue weighted by Gasteiger charge is -2.10. The molecule has 3 nitrogen and oxygen atoms in total. The number of rotatable bonds is 3. The number of ketones is 1. The van der Waals surface area contributed by atoms with E-state index in [0.29, 0.717) is 11.1 Å². The number of aryl methyl sites for hydroxylation is 1. The number of Topliss-reactive ketones (excluding diaryl/α,β-unsaturated/α-hetero) is 1. The van der Waals surface area contributed by atoms with Crippen LogP contribution in [0.15, 0.2) is 54.1 Å². The summed E-state index contributed by atoms with van der Waals surface area (Å²) in [6.07, 6.45) is -3.58. The van der Waals surface area contributed by atoms with Gasteiger partial charge in [0.1, 0.15) is 11.6 Å². The summed E-state index contributed by atoms with van der Waals surface area (Å²) in [6.45, 7) is 1.69. The SMILES string of the molecule is Cc1[nH]c2ccccc2c1C(=O)/C(C#N)=C/c1ccccc1C(F)(F)F. The summed E-state index contributed by atoms with van der Waals surface area (Å²) < 4.78 is 39.4. The van der Waals surface area contributed by atoms with Gasteiger partial charge in [-0.1, -0.05) is 36.4 Å². The number of hydrogen-bond acceptors (Lipinski definition) is 2. The predicted octanol–water partition coefficient (Wildman–Crippen LogP) is 5.29. The number of aromatic nitrogens is 1. The van der Waals surface area contributed by atoms with Crippen molar-refractivity contribution < 1.29 is 18.0 Å². The molecule has 0 atom stereocenters. The van der Waals surface area contributed by atoms with Gasteiger partial charge in [-0.3, -0.25) is 4.79 Å². The molecule has 3 aromatic rings. The van der Waals surface area contributed by atoms with Crippen molar-refractivity contribution in [1.29, 1.82) is 5.26 Å². The first-order chi connectivity index (χ1) is 12.3. The van der Waals surface area contributed by atoms with Gasteiger partial charge in [0, 0.05) is 16.6 Å². The molecule has 2 aromatic carbocycles.